The number of ether oxygens (including phenoxy) is 1. The van der Waals surface area contributed by atoms with Crippen LogP contribution >= 0.6 is 11.3 Å². The van der Waals surface area contributed by atoms with Crippen molar-refractivity contribution in [2.45, 2.75) is 18.9 Å². The number of nitrogens with one attached hydrogen (secondary N) is 1. The first-order valence-corrected chi connectivity index (χ1v) is 11.5. The molecule has 1 aromatic heterocycles. The van der Waals surface area contributed by atoms with Crippen LogP contribution in [0.5, 0.6) is 5.75 Å². The van der Waals surface area contributed by atoms with E-state index in [0.717, 1.165) is 29.9 Å². The van der Waals surface area contributed by atoms with E-state index in [1.165, 1.54) is 11.3 Å². The first-order valence-electron chi connectivity index (χ1n) is 10.7. The lowest BCUT2D eigenvalue weighted by atomic mass is 9.96. The summed E-state index contributed by atoms with van der Waals surface area (Å²) in [7, 11) is 0. The van der Waals surface area contributed by atoms with E-state index in [-0.39, 0.29) is 23.9 Å². The number of phenolic OH excluding ortho intramolecular Hbond substituents is 1. The van der Waals surface area contributed by atoms with Gasteiger partial charge >= 0.3 is 0 Å². The van der Waals surface area contributed by atoms with Crippen molar-refractivity contribution in [3.63, 3.8) is 0 Å². The van der Waals surface area contributed by atoms with Gasteiger partial charge in [-0.25, -0.2) is 0 Å². The van der Waals surface area contributed by atoms with E-state index >= 15 is 0 Å². The fourth-order valence-electron chi connectivity index (χ4n) is 3.83. The van der Waals surface area contributed by atoms with Crippen LogP contribution in [0.15, 0.2) is 66.0 Å². The first kappa shape index (κ1) is 22.0. The third-order valence-corrected chi connectivity index (χ3v) is 6.39. The Kier molecular flexibility index (Phi) is 7.19. The molecular formula is C25H26N2O4S. The van der Waals surface area contributed by atoms with E-state index in [4.69, 9.17) is 4.74 Å². The van der Waals surface area contributed by atoms with Crippen molar-refractivity contribution in [3.8, 4) is 5.75 Å². The molecule has 0 aliphatic carbocycles. The molecule has 0 saturated carbocycles. The number of hydrogen-bond donors (Lipinski definition) is 2. The third kappa shape index (κ3) is 5.55. The summed E-state index contributed by atoms with van der Waals surface area (Å²) in [6.07, 6.45) is 0.580. The average molecular weight is 451 g/mol. The number of anilines is 1. The van der Waals surface area contributed by atoms with Gasteiger partial charge in [-0.2, -0.15) is 0 Å². The summed E-state index contributed by atoms with van der Waals surface area (Å²) >= 11 is 1.34. The van der Waals surface area contributed by atoms with Gasteiger partial charge in [-0.15, -0.1) is 11.3 Å². The second kappa shape index (κ2) is 10.4. The third-order valence-electron chi connectivity index (χ3n) is 5.52. The maximum absolute atomic E-state index is 13.4. The maximum atomic E-state index is 13.4. The Morgan fingerprint density at radius 2 is 1.78 bits per heavy atom. The molecular weight excluding hydrogens is 424 g/mol. The van der Waals surface area contributed by atoms with Crippen molar-refractivity contribution in [1.29, 1.82) is 0 Å². The van der Waals surface area contributed by atoms with Crippen LogP contribution in [0.4, 0.5) is 5.69 Å². The van der Waals surface area contributed by atoms with Gasteiger partial charge in [0.05, 0.1) is 24.1 Å². The molecule has 0 bridgehead atoms. The summed E-state index contributed by atoms with van der Waals surface area (Å²) in [5, 5.41) is 14.3. The van der Waals surface area contributed by atoms with E-state index in [1.54, 1.807) is 30.3 Å². The van der Waals surface area contributed by atoms with Gasteiger partial charge in [0.2, 0.25) is 0 Å². The number of carbonyl (C=O) groups excluding carboxylic acids is 2. The quantitative estimate of drug-likeness (QED) is 0.550. The highest BCUT2D eigenvalue weighted by Gasteiger charge is 2.24. The molecule has 1 saturated heterocycles. The number of para-hydroxylation sites is 1. The Bertz CT molecular complexity index is 1040. The van der Waals surface area contributed by atoms with Gasteiger partial charge in [0.1, 0.15) is 5.75 Å². The minimum atomic E-state index is -0.674. The SMILES string of the molecule is O=C(NC(Cc1ccc(O)cc1)C(=O)Cc1ccccc1N1CCOCC1)c1cccs1. The number of thiophene rings is 1. The van der Waals surface area contributed by atoms with Crippen LogP contribution in [0.25, 0.3) is 0 Å². The molecule has 0 radical (unpaired) electrons. The number of rotatable bonds is 8. The predicted octanol–water partition coefficient (Wildman–Crippen LogP) is 3.44. The summed E-state index contributed by atoms with van der Waals surface area (Å²) in [5.74, 6) is -0.138. The van der Waals surface area contributed by atoms with E-state index in [1.807, 2.05) is 35.7 Å². The summed E-state index contributed by atoms with van der Waals surface area (Å²) in [6, 6.07) is 17.5. The summed E-state index contributed by atoms with van der Waals surface area (Å²) < 4.78 is 5.46. The zero-order valence-corrected chi connectivity index (χ0v) is 18.5. The number of nitrogens with zero attached hydrogens (tertiary/aromatic N) is 1. The monoisotopic (exact) mass is 450 g/mol. The normalized spacial score (nSPS) is 14.7. The molecule has 2 N–H and O–H groups in total. The molecule has 166 valence electrons. The Labute approximate surface area is 191 Å². The maximum Gasteiger partial charge on any atom is 0.261 e. The largest absolute Gasteiger partial charge is 0.508 e. The zero-order valence-electron chi connectivity index (χ0n) is 17.7. The average Bonchev–Trinajstić information content (AvgIpc) is 3.36. The standard InChI is InChI=1S/C25H26N2O4S/c28-20-9-7-18(8-10-20)16-21(26-25(30)24-6-3-15-32-24)23(29)17-19-4-1-2-5-22(19)27-11-13-31-14-12-27/h1-10,15,21,28H,11-14,16-17H2,(H,26,30). The summed E-state index contributed by atoms with van der Waals surface area (Å²) in [4.78, 5) is 28.9. The van der Waals surface area contributed by atoms with E-state index in [2.05, 4.69) is 10.2 Å². The number of morpholine rings is 1. The molecule has 0 spiro atoms. The fourth-order valence-corrected chi connectivity index (χ4v) is 4.46. The van der Waals surface area contributed by atoms with Crippen molar-refractivity contribution in [2.24, 2.45) is 0 Å². The number of Topliss-reactive ketones (excluding diaryl/α,β-unsaturated/α-hetero) is 1. The minimum absolute atomic E-state index is 0.0521. The Balaban J connectivity index is 1.54. The Morgan fingerprint density at radius 3 is 2.50 bits per heavy atom. The van der Waals surface area contributed by atoms with Crippen LogP contribution in [0, 0.1) is 0 Å². The summed E-state index contributed by atoms with van der Waals surface area (Å²) in [5.41, 5.74) is 2.85. The summed E-state index contributed by atoms with van der Waals surface area (Å²) in [6.45, 7) is 2.92. The molecule has 4 rings (SSSR count). The van der Waals surface area contributed by atoms with Crippen molar-refractivity contribution < 1.29 is 19.4 Å². The lowest BCUT2D eigenvalue weighted by molar-refractivity contribution is -0.120. The highest BCUT2D eigenvalue weighted by Crippen LogP contribution is 2.23. The number of benzene rings is 2. The smallest absolute Gasteiger partial charge is 0.261 e. The molecule has 2 aromatic carbocycles. The second-order valence-electron chi connectivity index (χ2n) is 7.75. The lowest BCUT2D eigenvalue weighted by Crippen LogP contribution is -2.43. The van der Waals surface area contributed by atoms with Crippen molar-refractivity contribution in [2.75, 3.05) is 31.2 Å². The molecule has 2 heterocycles. The second-order valence-corrected chi connectivity index (χ2v) is 8.69. The van der Waals surface area contributed by atoms with Crippen molar-refractivity contribution in [1.82, 2.24) is 5.32 Å². The number of ketones is 1. The molecule has 1 unspecified atom stereocenters. The van der Waals surface area contributed by atoms with Gasteiger partial charge in [-0.05, 0) is 47.2 Å². The van der Waals surface area contributed by atoms with Crippen LogP contribution in [0.1, 0.15) is 20.8 Å². The van der Waals surface area contributed by atoms with Gasteiger partial charge in [0, 0.05) is 25.2 Å². The number of phenols is 1. The molecule has 6 nitrogen and oxygen atoms in total. The van der Waals surface area contributed by atoms with Crippen molar-refractivity contribution >= 4 is 28.7 Å². The van der Waals surface area contributed by atoms with E-state index in [9.17, 15) is 14.7 Å². The Morgan fingerprint density at radius 1 is 1.03 bits per heavy atom. The molecule has 1 fully saturated rings. The highest BCUT2D eigenvalue weighted by molar-refractivity contribution is 7.12. The highest BCUT2D eigenvalue weighted by atomic mass is 32.1. The number of hydrogen-bond acceptors (Lipinski definition) is 6. The Hall–Kier alpha value is -3.16. The fraction of sp³-hybridized carbons (Fsp3) is 0.280. The van der Waals surface area contributed by atoms with E-state index in [0.29, 0.717) is 24.5 Å². The van der Waals surface area contributed by atoms with Gasteiger partial charge in [-0.3, -0.25) is 9.59 Å². The molecule has 1 aliphatic heterocycles. The van der Waals surface area contributed by atoms with Crippen LogP contribution in [0.3, 0.4) is 0 Å². The number of aromatic hydroxyl groups is 1. The van der Waals surface area contributed by atoms with Crippen LogP contribution in [-0.2, 0) is 22.4 Å². The van der Waals surface area contributed by atoms with Crippen molar-refractivity contribution in [3.05, 3.63) is 82.0 Å². The minimum Gasteiger partial charge on any atom is -0.508 e. The van der Waals surface area contributed by atoms with Gasteiger partial charge in [0.25, 0.3) is 5.91 Å². The van der Waals surface area contributed by atoms with E-state index < -0.39 is 6.04 Å². The number of carbonyl (C=O) groups is 2. The van der Waals surface area contributed by atoms with Gasteiger partial charge in [0.15, 0.2) is 5.78 Å². The van der Waals surface area contributed by atoms with Gasteiger partial charge < -0.3 is 20.1 Å². The van der Waals surface area contributed by atoms with Crippen LogP contribution in [0.2, 0.25) is 0 Å². The van der Waals surface area contributed by atoms with Crippen LogP contribution < -0.4 is 10.2 Å². The lowest BCUT2D eigenvalue weighted by Gasteiger charge is -2.30. The molecule has 1 atom stereocenters. The molecule has 3 aromatic rings. The predicted molar refractivity (Wildman–Crippen MR) is 126 cm³/mol. The molecule has 32 heavy (non-hydrogen) atoms. The zero-order chi connectivity index (χ0) is 22.3. The first-order chi connectivity index (χ1) is 15.6. The molecule has 1 amide bonds. The van der Waals surface area contributed by atoms with Gasteiger partial charge in [-0.1, -0.05) is 36.4 Å². The van der Waals surface area contributed by atoms with Crippen LogP contribution in [-0.4, -0.2) is 49.1 Å². The topological polar surface area (TPSA) is 78.9 Å². The molecule has 7 heteroatoms. The molecule has 1 aliphatic rings. The number of amides is 1.